The molecule has 2 nitrogen and oxygen atoms in total. The molecule has 1 saturated carbocycles. The van der Waals surface area contributed by atoms with E-state index < -0.39 is 0 Å². The largest absolute Gasteiger partial charge is 0.384 e. The summed E-state index contributed by atoms with van der Waals surface area (Å²) in [6.07, 6.45) is 7.18. The van der Waals surface area contributed by atoms with Gasteiger partial charge in [-0.1, -0.05) is 30.5 Å². The van der Waals surface area contributed by atoms with Gasteiger partial charge < -0.3 is 5.32 Å². The Morgan fingerprint density at radius 1 is 1.21 bits per heavy atom. The Morgan fingerprint density at radius 3 is 3.00 bits per heavy atom. The summed E-state index contributed by atoms with van der Waals surface area (Å²) in [7, 11) is 0. The van der Waals surface area contributed by atoms with E-state index in [-0.39, 0.29) is 0 Å². The molecule has 1 N–H and O–H groups in total. The Hall–Kier alpha value is -0.730. The molecule has 3 heteroatoms. The van der Waals surface area contributed by atoms with Gasteiger partial charge >= 0.3 is 0 Å². The summed E-state index contributed by atoms with van der Waals surface area (Å²) >= 11 is 5.99. The van der Waals surface area contributed by atoms with Gasteiger partial charge in [-0.3, -0.25) is 4.90 Å². The molecule has 3 rings (SSSR count). The van der Waals surface area contributed by atoms with Crippen molar-refractivity contribution in [3.63, 3.8) is 0 Å². The molecule has 0 aromatic heterocycles. The zero-order valence-corrected chi connectivity index (χ0v) is 12.2. The summed E-state index contributed by atoms with van der Waals surface area (Å²) in [5, 5.41) is 4.29. The molecule has 19 heavy (non-hydrogen) atoms. The van der Waals surface area contributed by atoms with Crippen molar-refractivity contribution >= 4 is 17.3 Å². The lowest BCUT2D eigenvalue weighted by Gasteiger charge is -2.31. The van der Waals surface area contributed by atoms with Crippen LogP contribution in [0.2, 0.25) is 5.02 Å². The molecule has 0 bridgehead atoms. The van der Waals surface area contributed by atoms with Crippen LogP contribution < -0.4 is 5.32 Å². The Bertz CT molecular complexity index is 421. The van der Waals surface area contributed by atoms with E-state index in [4.69, 9.17) is 11.6 Å². The Labute approximate surface area is 121 Å². The van der Waals surface area contributed by atoms with Crippen LogP contribution in [0.1, 0.15) is 32.1 Å². The predicted octanol–water partition coefficient (Wildman–Crippen LogP) is 4.02. The second-order valence-electron chi connectivity index (χ2n) is 5.87. The lowest BCUT2D eigenvalue weighted by molar-refractivity contribution is 0.188. The SMILES string of the molecule is Clc1cccc(NCCN2CCC3CCCCC32)c1. The number of hydrogen-bond donors (Lipinski definition) is 1. The van der Waals surface area contributed by atoms with Crippen LogP contribution in [0.4, 0.5) is 5.69 Å². The quantitative estimate of drug-likeness (QED) is 0.895. The molecule has 0 radical (unpaired) electrons. The molecular formula is C16H23ClN2. The van der Waals surface area contributed by atoms with E-state index in [9.17, 15) is 0 Å². The van der Waals surface area contributed by atoms with Gasteiger partial charge in [0.25, 0.3) is 0 Å². The summed E-state index contributed by atoms with van der Waals surface area (Å²) in [4.78, 5) is 2.70. The fraction of sp³-hybridized carbons (Fsp3) is 0.625. The second-order valence-corrected chi connectivity index (χ2v) is 6.31. The van der Waals surface area contributed by atoms with Gasteiger partial charge in [-0.05, 0) is 49.9 Å². The number of benzene rings is 1. The Balaban J connectivity index is 1.47. The van der Waals surface area contributed by atoms with E-state index in [1.165, 1.54) is 38.6 Å². The molecule has 1 heterocycles. The summed E-state index contributed by atoms with van der Waals surface area (Å²) < 4.78 is 0. The second kappa shape index (κ2) is 6.15. The minimum Gasteiger partial charge on any atom is -0.384 e. The smallest absolute Gasteiger partial charge is 0.0426 e. The summed E-state index contributed by atoms with van der Waals surface area (Å²) in [5.74, 6) is 0.986. The van der Waals surface area contributed by atoms with Crippen molar-refractivity contribution in [3.05, 3.63) is 29.3 Å². The molecule has 1 saturated heterocycles. The molecule has 0 amide bonds. The third kappa shape index (κ3) is 3.24. The topological polar surface area (TPSA) is 15.3 Å². The first-order chi connectivity index (χ1) is 9.33. The summed E-state index contributed by atoms with van der Waals surface area (Å²) in [5.41, 5.74) is 1.13. The van der Waals surface area contributed by atoms with Crippen LogP contribution in [0.5, 0.6) is 0 Å². The van der Waals surface area contributed by atoms with E-state index >= 15 is 0 Å². The number of likely N-dealkylation sites (tertiary alicyclic amines) is 1. The fourth-order valence-electron chi connectivity index (χ4n) is 3.72. The van der Waals surface area contributed by atoms with Crippen molar-refractivity contribution in [2.24, 2.45) is 5.92 Å². The fourth-order valence-corrected chi connectivity index (χ4v) is 3.91. The number of halogens is 1. The highest BCUT2D eigenvalue weighted by Crippen LogP contribution is 2.35. The molecule has 2 aliphatic rings. The Kier molecular flexibility index (Phi) is 4.29. The van der Waals surface area contributed by atoms with E-state index in [2.05, 4.69) is 16.3 Å². The van der Waals surface area contributed by atoms with Crippen LogP contribution in [0.3, 0.4) is 0 Å². The number of hydrogen-bond acceptors (Lipinski definition) is 2. The molecule has 104 valence electrons. The van der Waals surface area contributed by atoms with Gasteiger partial charge in [-0.25, -0.2) is 0 Å². The third-order valence-electron chi connectivity index (χ3n) is 4.68. The lowest BCUT2D eigenvalue weighted by atomic mass is 9.85. The van der Waals surface area contributed by atoms with Gasteiger partial charge in [0, 0.05) is 29.8 Å². The monoisotopic (exact) mass is 278 g/mol. The van der Waals surface area contributed by atoms with Crippen LogP contribution in [0.15, 0.2) is 24.3 Å². The van der Waals surface area contributed by atoms with Gasteiger partial charge in [0.1, 0.15) is 0 Å². The first kappa shape index (κ1) is 13.3. The van der Waals surface area contributed by atoms with Gasteiger partial charge in [0.05, 0.1) is 0 Å². The van der Waals surface area contributed by atoms with Gasteiger partial charge in [-0.2, -0.15) is 0 Å². The molecule has 1 aliphatic heterocycles. The molecule has 1 aromatic rings. The third-order valence-corrected chi connectivity index (χ3v) is 4.91. The maximum atomic E-state index is 5.99. The van der Waals surface area contributed by atoms with E-state index in [0.29, 0.717) is 0 Å². The molecule has 2 fully saturated rings. The van der Waals surface area contributed by atoms with Crippen LogP contribution in [0, 0.1) is 5.92 Å². The molecule has 2 unspecified atom stereocenters. The first-order valence-corrected chi connectivity index (χ1v) is 7.94. The zero-order chi connectivity index (χ0) is 13.1. The standard InChI is InChI=1S/C16H23ClN2/c17-14-5-3-6-15(12-14)18-9-11-19-10-8-13-4-1-2-7-16(13)19/h3,5-6,12-13,16,18H,1-2,4,7-11H2. The van der Waals surface area contributed by atoms with Crippen molar-refractivity contribution in [1.29, 1.82) is 0 Å². The van der Waals surface area contributed by atoms with Gasteiger partial charge in [0.2, 0.25) is 0 Å². The maximum absolute atomic E-state index is 5.99. The van der Waals surface area contributed by atoms with Gasteiger partial charge in [0.15, 0.2) is 0 Å². The van der Waals surface area contributed by atoms with Crippen LogP contribution >= 0.6 is 11.6 Å². The molecule has 1 aromatic carbocycles. The predicted molar refractivity (Wildman–Crippen MR) is 81.9 cm³/mol. The van der Waals surface area contributed by atoms with Crippen LogP contribution in [0.25, 0.3) is 0 Å². The number of anilines is 1. The average Bonchev–Trinajstić information content (AvgIpc) is 2.83. The molecule has 2 atom stereocenters. The highest BCUT2D eigenvalue weighted by atomic mass is 35.5. The first-order valence-electron chi connectivity index (χ1n) is 7.56. The van der Waals surface area contributed by atoms with E-state index in [1.54, 1.807) is 0 Å². The molecule has 0 spiro atoms. The normalized spacial score (nSPS) is 27.2. The number of nitrogens with one attached hydrogen (secondary N) is 1. The minimum atomic E-state index is 0.804. The number of rotatable bonds is 4. The van der Waals surface area contributed by atoms with E-state index in [0.717, 1.165) is 35.8 Å². The van der Waals surface area contributed by atoms with E-state index in [1.807, 2.05) is 18.2 Å². The summed E-state index contributed by atoms with van der Waals surface area (Å²) in [6, 6.07) is 8.86. The minimum absolute atomic E-state index is 0.804. The van der Waals surface area contributed by atoms with Crippen LogP contribution in [-0.4, -0.2) is 30.6 Å². The molecular weight excluding hydrogens is 256 g/mol. The molecule has 1 aliphatic carbocycles. The van der Waals surface area contributed by atoms with Crippen molar-refractivity contribution in [1.82, 2.24) is 4.90 Å². The van der Waals surface area contributed by atoms with Crippen molar-refractivity contribution < 1.29 is 0 Å². The summed E-state index contributed by atoms with van der Waals surface area (Å²) in [6.45, 7) is 3.48. The lowest BCUT2D eigenvalue weighted by Crippen LogP contribution is -2.37. The highest BCUT2D eigenvalue weighted by Gasteiger charge is 2.34. The van der Waals surface area contributed by atoms with Crippen molar-refractivity contribution in [3.8, 4) is 0 Å². The number of nitrogens with zero attached hydrogens (tertiary/aromatic N) is 1. The maximum Gasteiger partial charge on any atom is 0.0426 e. The van der Waals surface area contributed by atoms with Gasteiger partial charge in [-0.15, -0.1) is 0 Å². The Morgan fingerprint density at radius 2 is 2.11 bits per heavy atom. The zero-order valence-electron chi connectivity index (χ0n) is 11.4. The average molecular weight is 279 g/mol. The van der Waals surface area contributed by atoms with Crippen molar-refractivity contribution in [2.75, 3.05) is 25.0 Å². The van der Waals surface area contributed by atoms with Crippen LogP contribution in [-0.2, 0) is 0 Å². The highest BCUT2D eigenvalue weighted by molar-refractivity contribution is 6.30. The van der Waals surface area contributed by atoms with Crippen molar-refractivity contribution in [2.45, 2.75) is 38.1 Å². The number of fused-ring (bicyclic) bond motifs is 1.